The number of nitrogens with one attached hydrogen (secondary N) is 1. The highest BCUT2D eigenvalue weighted by molar-refractivity contribution is 7.89. The average molecular weight is 271 g/mol. The van der Waals surface area contributed by atoms with E-state index < -0.39 is 10.0 Å². The molecular weight excluding hydrogens is 248 g/mol. The van der Waals surface area contributed by atoms with Crippen molar-refractivity contribution in [3.63, 3.8) is 0 Å². The summed E-state index contributed by atoms with van der Waals surface area (Å²) < 4.78 is 25.7. The van der Waals surface area contributed by atoms with Crippen molar-refractivity contribution in [3.05, 3.63) is 0 Å². The molecule has 1 aliphatic heterocycles. The van der Waals surface area contributed by atoms with Crippen molar-refractivity contribution < 1.29 is 8.42 Å². The molecule has 0 amide bonds. The fraction of sp³-hybridized carbons (Fsp3) is 1.00. The van der Waals surface area contributed by atoms with Gasteiger partial charge in [0.25, 0.3) is 0 Å². The van der Waals surface area contributed by atoms with Crippen LogP contribution in [0.15, 0.2) is 0 Å². The first kappa shape index (κ1) is 16.2. The molecule has 0 bridgehead atoms. The van der Waals surface area contributed by atoms with Gasteiger partial charge in [-0.2, -0.15) is 4.31 Å². The predicted octanol–water partition coefficient (Wildman–Crippen LogP) is 1.22. The van der Waals surface area contributed by atoms with E-state index in [0.717, 1.165) is 19.4 Å². The number of halogens is 1. The monoisotopic (exact) mass is 270 g/mol. The van der Waals surface area contributed by atoms with Gasteiger partial charge < -0.3 is 5.32 Å². The lowest BCUT2D eigenvalue weighted by molar-refractivity contribution is 0.232. The molecule has 0 spiro atoms. The first-order valence-corrected chi connectivity index (χ1v) is 7.33. The van der Waals surface area contributed by atoms with E-state index >= 15 is 0 Å². The Bertz CT molecular complexity index is 295. The maximum Gasteiger partial charge on any atom is 0.214 e. The number of nitrogens with zero attached hydrogens (tertiary/aromatic N) is 1. The number of unbranched alkanes of at least 4 members (excludes halogenated alkanes) is 1. The molecule has 98 valence electrons. The van der Waals surface area contributed by atoms with Crippen molar-refractivity contribution in [2.75, 3.05) is 18.8 Å². The van der Waals surface area contributed by atoms with Gasteiger partial charge in [-0.05, 0) is 20.3 Å². The second-order valence-electron chi connectivity index (χ2n) is 4.26. The molecule has 1 N–H and O–H groups in total. The van der Waals surface area contributed by atoms with Crippen LogP contribution in [0.25, 0.3) is 0 Å². The summed E-state index contributed by atoms with van der Waals surface area (Å²) in [5.74, 6) is 0.292. The second-order valence-corrected chi connectivity index (χ2v) is 6.30. The van der Waals surface area contributed by atoms with Crippen LogP contribution in [0.4, 0.5) is 0 Å². The molecular formula is C10H23ClN2O2S. The summed E-state index contributed by atoms with van der Waals surface area (Å²) in [5.41, 5.74) is 0. The molecule has 1 saturated heterocycles. The van der Waals surface area contributed by atoms with Crippen LogP contribution in [0.5, 0.6) is 0 Å². The van der Waals surface area contributed by atoms with Crippen LogP contribution in [0, 0.1) is 0 Å². The third-order valence-corrected chi connectivity index (χ3v) is 5.12. The molecule has 0 aromatic heterocycles. The van der Waals surface area contributed by atoms with Gasteiger partial charge in [-0.1, -0.05) is 13.3 Å². The molecule has 16 heavy (non-hydrogen) atoms. The Morgan fingerprint density at radius 2 is 2.00 bits per heavy atom. The second kappa shape index (κ2) is 6.79. The Labute approximate surface area is 105 Å². The minimum absolute atomic E-state index is 0. The molecule has 0 aliphatic carbocycles. The van der Waals surface area contributed by atoms with Crippen molar-refractivity contribution in [3.8, 4) is 0 Å². The summed E-state index contributed by atoms with van der Waals surface area (Å²) in [6.45, 7) is 7.39. The minimum atomic E-state index is -3.03. The van der Waals surface area contributed by atoms with E-state index in [4.69, 9.17) is 0 Å². The standard InChI is InChI=1S/C10H22N2O2S.ClH/c1-4-5-8-15(13,14)12-7-6-11-9(2)10(12)3;/h9-11H,4-8H2,1-3H3;1H. The normalized spacial score (nSPS) is 27.4. The number of piperazine rings is 1. The van der Waals surface area contributed by atoms with Gasteiger partial charge in [0.15, 0.2) is 0 Å². The Kier molecular flexibility index (Phi) is 6.86. The third kappa shape index (κ3) is 3.87. The van der Waals surface area contributed by atoms with Crippen molar-refractivity contribution >= 4 is 22.4 Å². The summed E-state index contributed by atoms with van der Waals surface area (Å²) in [4.78, 5) is 0. The third-order valence-electron chi connectivity index (χ3n) is 3.09. The largest absolute Gasteiger partial charge is 0.311 e. The first-order valence-electron chi connectivity index (χ1n) is 5.72. The van der Waals surface area contributed by atoms with E-state index in [1.54, 1.807) is 4.31 Å². The topological polar surface area (TPSA) is 49.4 Å². The molecule has 4 nitrogen and oxygen atoms in total. The van der Waals surface area contributed by atoms with Crippen LogP contribution in [0.2, 0.25) is 0 Å². The Morgan fingerprint density at radius 1 is 1.38 bits per heavy atom. The zero-order chi connectivity index (χ0) is 11.5. The van der Waals surface area contributed by atoms with Crippen molar-refractivity contribution in [2.45, 2.75) is 45.7 Å². The van der Waals surface area contributed by atoms with Gasteiger partial charge in [0.05, 0.1) is 5.75 Å². The van der Waals surface area contributed by atoms with Crippen LogP contribution >= 0.6 is 12.4 Å². The highest BCUT2D eigenvalue weighted by Gasteiger charge is 2.32. The zero-order valence-corrected chi connectivity index (χ0v) is 11.9. The van der Waals surface area contributed by atoms with Gasteiger partial charge in [0.1, 0.15) is 0 Å². The molecule has 0 aromatic rings. The lowest BCUT2D eigenvalue weighted by Crippen LogP contribution is -2.57. The van der Waals surface area contributed by atoms with Crippen molar-refractivity contribution in [1.29, 1.82) is 0 Å². The smallest absolute Gasteiger partial charge is 0.214 e. The van der Waals surface area contributed by atoms with E-state index in [-0.39, 0.29) is 24.5 Å². The highest BCUT2D eigenvalue weighted by Crippen LogP contribution is 2.15. The fourth-order valence-electron chi connectivity index (χ4n) is 1.86. The fourth-order valence-corrected chi connectivity index (χ4v) is 3.81. The number of sulfonamides is 1. The van der Waals surface area contributed by atoms with Gasteiger partial charge in [-0.15, -0.1) is 12.4 Å². The van der Waals surface area contributed by atoms with Crippen LogP contribution in [0.3, 0.4) is 0 Å². The summed E-state index contributed by atoms with van der Waals surface area (Å²) >= 11 is 0. The first-order chi connectivity index (χ1) is 6.99. The average Bonchev–Trinajstić information content (AvgIpc) is 2.19. The van der Waals surface area contributed by atoms with Gasteiger partial charge in [-0.3, -0.25) is 0 Å². The SMILES string of the molecule is CCCCS(=O)(=O)N1CCNC(C)C1C.Cl. The molecule has 0 saturated carbocycles. The lowest BCUT2D eigenvalue weighted by Gasteiger charge is -2.37. The lowest BCUT2D eigenvalue weighted by atomic mass is 10.1. The molecule has 6 heteroatoms. The molecule has 1 fully saturated rings. The Hall–Kier alpha value is 0.160. The highest BCUT2D eigenvalue weighted by atomic mass is 35.5. The molecule has 2 unspecified atom stereocenters. The van der Waals surface area contributed by atoms with Crippen molar-refractivity contribution in [2.24, 2.45) is 0 Å². The zero-order valence-electron chi connectivity index (χ0n) is 10.3. The summed E-state index contributed by atoms with van der Waals surface area (Å²) in [6.07, 6.45) is 1.68. The van der Waals surface area contributed by atoms with E-state index in [1.807, 2.05) is 20.8 Å². The Morgan fingerprint density at radius 3 is 2.56 bits per heavy atom. The van der Waals surface area contributed by atoms with E-state index in [0.29, 0.717) is 12.3 Å². The molecule has 1 aliphatic rings. The van der Waals surface area contributed by atoms with Crippen LogP contribution in [-0.2, 0) is 10.0 Å². The summed E-state index contributed by atoms with van der Waals surface area (Å²) in [5, 5.41) is 3.28. The molecule has 1 rings (SSSR count). The van der Waals surface area contributed by atoms with Crippen LogP contribution < -0.4 is 5.32 Å². The minimum Gasteiger partial charge on any atom is -0.311 e. The maximum absolute atomic E-state index is 12.0. The molecule has 0 radical (unpaired) electrons. The van der Waals surface area contributed by atoms with E-state index in [2.05, 4.69) is 5.32 Å². The number of rotatable bonds is 4. The number of hydrogen-bond acceptors (Lipinski definition) is 3. The van der Waals surface area contributed by atoms with Crippen LogP contribution in [0.1, 0.15) is 33.6 Å². The number of hydrogen-bond donors (Lipinski definition) is 1. The predicted molar refractivity (Wildman–Crippen MR) is 69.6 cm³/mol. The van der Waals surface area contributed by atoms with Gasteiger partial charge in [0, 0.05) is 25.2 Å². The molecule has 2 atom stereocenters. The molecule has 1 heterocycles. The van der Waals surface area contributed by atoms with Crippen LogP contribution in [-0.4, -0.2) is 43.6 Å². The van der Waals surface area contributed by atoms with Gasteiger partial charge in [-0.25, -0.2) is 8.42 Å². The van der Waals surface area contributed by atoms with Crippen molar-refractivity contribution in [1.82, 2.24) is 9.62 Å². The quantitative estimate of drug-likeness (QED) is 0.836. The molecule has 0 aromatic carbocycles. The van der Waals surface area contributed by atoms with E-state index in [9.17, 15) is 8.42 Å². The Balaban J connectivity index is 0.00000225. The van der Waals surface area contributed by atoms with Gasteiger partial charge in [0.2, 0.25) is 10.0 Å². The maximum atomic E-state index is 12.0. The van der Waals surface area contributed by atoms with E-state index in [1.165, 1.54) is 0 Å². The summed E-state index contributed by atoms with van der Waals surface area (Å²) in [7, 11) is -3.03. The van der Waals surface area contributed by atoms with Gasteiger partial charge >= 0.3 is 0 Å². The summed E-state index contributed by atoms with van der Waals surface area (Å²) in [6, 6.07) is 0.316.